The zero-order valence-electron chi connectivity index (χ0n) is 70.7. The normalized spacial score (nSPS) is 14.4. The predicted molar refractivity (Wildman–Crippen MR) is 466 cm³/mol. The second-order valence-corrected chi connectivity index (χ2v) is 31.2. The number of nitrogens with one attached hydrogen (secondary N) is 6. The van der Waals surface area contributed by atoms with Gasteiger partial charge in [0.05, 0.1) is 34.2 Å². The molecule has 5 amide bonds. The Bertz CT molecular complexity index is 5220. The summed E-state index contributed by atoms with van der Waals surface area (Å²) < 4.78 is 13.9. The van der Waals surface area contributed by atoms with Crippen LogP contribution in [0.3, 0.4) is 0 Å². The number of rotatable bonds is 14. The van der Waals surface area contributed by atoms with Crippen molar-refractivity contribution >= 4 is 91.7 Å². The fourth-order valence-electron chi connectivity index (χ4n) is 14.2. The van der Waals surface area contributed by atoms with Crippen molar-refractivity contribution in [1.29, 1.82) is 0 Å². The summed E-state index contributed by atoms with van der Waals surface area (Å²) in [4.78, 5) is 125. The highest BCUT2D eigenvalue weighted by Gasteiger charge is 2.30. The lowest BCUT2D eigenvalue weighted by molar-refractivity contribution is 0.0230. The van der Waals surface area contributed by atoms with Gasteiger partial charge in [0.25, 0.3) is 17.7 Å². The molecule has 0 radical (unpaired) electrons. The Morgan fingerprint density at radius 2 is 0.797 bits per heavy atom. The number of nitrogens with two attached hydrogens (primary N) is 1. The second-order valence-electron chi connectivity index (χ2n) is 31.2. The molecule has 14 rings (SSSR count). The SMILES string of the molecule is CCN.CCNC(=O)c1ccc(N2CCN(C(=O)OC(C)(C)C)CC2)c(C)c1.CCNC(=O)c1ccc(N2CCN(Cc3cnc4c(c3)[nH]c(=O)n3cccc43)CC2)c(C)c1.CCNC(=O)c1ccc(N2CCNCC2)c(C)c1.Cc1cc(C(=O)O)ccc1N1CCN(C(=O)OC(C)(C)C)CC1.O=c1[nH]c2cc(CO)cnc2c2cccn12. The summed E-state index contributed by atoms with van der Waals surface area (Å²) in [6, 6.07) is 33.9. The van der Waals surface area contributed by atoms with Crippen LogP contribution in [0.15, 0.2) is 144 Å². The minimum absolute atomic E-state index is 0.00691. The van der Waals surface area contributed by atoms with Gasteiger partial charge in [-0.25, -0.2) is 24.0 Å². The summed E-state index contributed by atoms with van der Waals surface area (Å²) in [6.07, 6.45) is 6.41. The van der Waals surface area contributed by atoms with Crippen molar-refractivity contribution in [2.45, 2.75) is 121 Å². The number of ether oxygens (including phenoxy) is 2. The van der Waals surface area contributed by atoms with Crippen LogP contribution in [0.25, 0.3) is 33.1 Å². The van der Waals surface area contributed by atoms with E-state index in [1.807, 2.05) is 162 Å². The molecule has 10 aromatic rings. The zero-order valence-corrected chi connectivity index (χ0v) is 70.7. The number of aliphatic hydroxyl groups is 1. The molecule has 632 valence electrons. The van der Waals surface area contributed by atoms with Gasteiger partial charge in [0.2, 0.25) is 0 Å². The molecule has 0 unspecified atom stereocenters. The lowest BCUT2D eigenvalue weighted by Gasteiger charge is -2.37. The molecule has 4 fully saturated rings. The number of hydrogen-bond acceptors (Lipinski definition) is 20. The van der Waals surface area contributed by atoms with Crippen molar-refractivity contribution in [1.82, 2.24) is 64.7 Å². The van der Waals surface area contributed by atoms with Gasteiger partial charge in [0, 0.05) is 195 Å². The number of carbonyl (C=O) groups excluding carboxylic acids is 5. The third-order valence-corrected chi connectivity index (χ3v) is 19.9. The van der Waals surface area contributed by atoms with E-state index in [0.29, 0.717) is 86.7 Å². The van der Waals surface area contributed by atoms with E-state index in [2.05, 4.69) is 91.7 Å². The first-order valence-electron chi connectivity index (χ1n) is 40.5. The van der Waals surface area contributed by atoms with Crippen molar-refractivity contribution in [3.8, 4) is 0 Å². The summed E-state index contributed by atoms with van der Waals surface area (Å²) in [7, 11) is 0. The number of pyridine rings is 2. The van der Waals surface area contributed by atoms with Gasteiger partial charge >= 0.3 is 29.5 Å². The Balaban J connectivity index is 0.000000170. The van der Waals surface area contributed by atoms with Crippen LogP contribution in [-0.4, -0.2) is 232 Å². The smallest absolute Gasteiger partial charge is 0.410 e. The number of H-pyrrole nitrogens is 2. The Morgan fingerprint density at radius 1 is 0.466 bits per heavy atom. The number of aromatic carboxylic acids is 1. The minimum atomic E-state index is -0.922. The number of anilines is 4. The zero-order chi connectivity index (χ0) is 85.5. The number of nitrogens with zero attached hydrogens (tertiary/aromatic N) is 11. The van der Waals surface area contributed by atoms with Gasteiger partial charge in [0.1, 0.15) is 22.2 Å². The highest BCUT2D eigenvalue weighted by atomic mass is 16.6. The number of aryl methyl sites for hydroxylation is 4. The lowest BCUT2D eigenvalue weighted by Crippen LogP contribution is -2.50. The fourth-order valence-corrected chi connectivity index (χ4v) is 14.2. The Labute approximate surface area is 689 Å². The van der Waals surface area contributed by atoms with Crippen molar-refractivity contribution in [3.05, 3.63) is 211 Å². The summed E-state index contributed by atoms with van der Waals surface area (Å²) in [5.74, 6) is -0.992. The van der Waals surface area contributed by atoms with Crippen LogP contribution in [-0.2, 0) is 22.6 Å². The molecule has 30 heteroatoms. The lowest BCUT2D eigenvalue weighted by atomic mass is 10.1. The van der Waals surface area contributed by atoms with E-state index in [1.165, 1.54) is 21.3 Å². The van der Waals surface area contributed by atoms with Gasteiger partial charge in [-0.2, -0.15) is 0 Å². The van der Waals surface area contributed by atoms with E-state index in [1.54, 1.807) is 57.1 Å². The minimum Gasteiger partial charge on any atom is -0.478 e. The number of piperazine rings is 4. The molecule has 0 aliphatic carbocycles. The molecule has 10 heterocycles. The standard InChI is InChI=1S/C25H28N6O2.C19H29N3O3.C17H24N2O4.C14H21N3O.C11H9N3O2.C2H7N/c1-3-26-24(32)19-6-7-21(17(2)13-19)30-11-9-29(10-12-30)16-18-14-20-23(27-15-18)22-5-4-8-31(22)25(33)28-20;1-6-20-17(23)15-7-8-16(14(2)13-15)21-9-11-22(12-10-21)18(24)25-19(3,4)5;1-12-11-13(15(20)21)5-6-14(12)18-7-9-19(10-8-18)16(22)23-17(2,3)4;1-3-16-14(18)12-4-5-13(11(2)10-12)17-8-6-15-7-9-17;15-6-7-4-8-10(12-5-7)9-2-1-3-14(9)11(16)13-8;1-2-3/h4-8,13-15H,3,9-12,16H2,1-2H3,(H,26,32)(H,28,33);7-8,13H,6,9-12H2,1-5H3,(H,20,23);5-6,11H,7-10H2,1-4H3,(H,20,21);4-5,10,15H,3,6-9H2,1-2H3,(H,16,18);1-5,15H,6H2,(H,13,16);2-3H2,1H3. The number of carboxylic acids is 1. The average molecular weight is 1620 g/mol. The molecule has 4 aliphatic heterocycles. The molecule has 4 saturated heterocycles. The number of aliphatic hydroxyl groups excluding tert-OH is 1. The number of hydrogen-bond donors (Lipinski definition) is 9. The molecule has 118 heavy (non-hydrogen) atoms. The third kappa shape index (κ3) is 24.4. The first kappa shape index (κ1) is 90.1. The van der Waals surface area contributed by atoms with E-state index < -0.39 is 17.2 Å². The maximum Gasteiger partial charge on any atom is 0.410 e. The van der Waals surface area contributed by atoms with Gasteiger partial charge < -0.3 is 86.1 Å². The van der Waals surface area contributed by atoms with Gasteiger partial charge in [0.15, 0.2) is 0 Å². The van der Waals surface area contributed by atoms with E-state index >= 15 is 0 Å². The van der Waals surface area contributed by atoms with Crippen LogP contribution < -0.4 is 58.0 Å². The average Bonchev–Trinajstić information content (AvgIpc) is 1.58. The number of aromatic amines is 2. The Kier molecular flexibility index (Phi) is 31.9. The Hall–Kier alpha value is -11.9. The number of amides is 5. The first-order chi connectivity index (χ1) is 56.3. The highest BCUT2D eigenvalue weighted by Crippen LogP contribution is 2.29. The maximum absolute atomic E-state index is 12.3. The molecule has 30 nitrogen and oxygen atoms in total. The van der Waals surface area contributed by atoms with Crippen LogP contribution in [0.2, 0.25) is 0 Å². The van der Waals surface area contributed by atoms with E-state index in [-0.39, 0.29) is 47.9 Å². The van der Waals surface area contributed by atoms with Crippen LogP contribution in [0.1, 0.15) is 144 Å². The molecule has 6 aromatic heterocycles. The number of aromatic nitrogens is 6. The van der Waals surface area contributed by atoms with Gasteiger partial charge in [-0.3, -0.25) is 38.1 Å². The van der Waals surface area contributed by atoms with Crippen LogP contribution >= 0.6 is 0 Å². The van der Waals surface area contributed by atoms with Gasteiger partial charge in [-0.15, -0.1) is 0 Å². The number of fused-ring (bicyclic) bond motifs is 6. The molecule has 4 aliphatic rings. The molecule has 4 aromatic carbocycles. The largest absolute Gasteiger partial charge is 0.478 e. The fraction of sp³-hybridized carbons (Fsp3) is 0.432. The van der Waals surface area contributed by atoms with E-state index in [9.17, 15) is 38.4 Å². The van der Waals surface area contributed by atoms with E-state index in [4.69, 9.17) is 25.4 Å². The number of carboxylic acid groups (broad SMARTS) is 1. The van der Waals surface area contributed by atoms with Crippen molar-refractivity contribution in [3.63, 3.8) is 0 Å². The highest BCUT2D eigenvalue weighted by molar-refractivity contribution is 5.97. The summed E-state index contributed by atoms with van der Waals surface area (Å²) in [6.45, 7) is 43.4. The number of benzene rings is 4. The molecular formula is C88H118N18O12. The van der Waals surface area contributed by atoms with Crippen molar-refractivity contribution in [2.24, 2.45) is 5.73 Å². The predicted octanol–water partition coefficient (Wildman–Crippen LogP) is 9.90. The molecular weight excluding hydrogens is 1500 g/mol. The van der Waals surface area contributed by atoms with Crippen LogP contribution in [0.4, 0.5) is 32.3 Å². The first-order valence-corrected chi connectivity index (χ1v) is 40.5. The Morgan fingerprint density at radius 3 is 1.14 bits per heavy atom. The van der Waals surface area contributed by atoms with Crippen LogP contribution in [0, 0.1) is 27.7 Å². The summed E-state index contributed by atoms with van der Waals surface area (Å²) in [5.41, 5.74) is 21.1. The summed E-state index contributed by atoms with van der Waals surface area (Å²) in [5, 5.41) is 29.9. The molecule has 0 atom stereocenters. The quantitative estimate of drug-likeness (QED) is 0.0489. The molecule has 10 N–H and O–H groups in total. The van der Waals surface area contributed by atoms with Crippen molar-refractivity contribution < 1.29 is 48.5 Å². The molecule has 0 saturated carbocycles. The van der Waals surface area contributed by atoms with Crippen LogP contribution in [0.5, 0.6) is 0 Å². The topological polar surface area (TPSA) is 358 Å². The van der Waals surface area contributed by atoms with E-state index in [0.717, 1.165) is 145 Å². The van der Waals surface area contributed by atoms with Gasteiger partial charge in [-0.05, 0) is 239 Å². The molecule has 0 spiro atoms. The molecule has 0 bridgehead atoms. The summed E-state index contributed by atoms with van der Waals surface area (Å²) >= 11 is 0. The monoisotopic (exact) mass is 1620 g/mol. The maximum atomic E-state index is 12.3. The number of carbonyl (C=O) groups is 6. The second kappa shape index (κ2) is 41.8. The third-order valence-electron chi connectivity index (χ3n) is 19.9. The van der Waals surface area contributed by atoms with Gasteiger partial charge in [-0.1, -0.05) is 6.92 Å². The van der Waals surface area contributed by atoms with Crippen molar-refractivity contribution in [2.75, 3.05) is 150 Å².